The number of esters is 1. The number of fused-ring (bicyclic) bond motifs is 1. The largest absolute Gasteiger partial charge is 0.497 e. The zero-order chi connectivity index (χ0) is 18.9. The van der Waals surface area contributed by atoms with Gasteiger partial charge >= 0.3 is 5.97 Å². The second-order valence-corrected chi connectivity index (χ2v) is 6.19. The minimum absolute atomic E-state index is 0.295. The van der Waals surface area contributed by atoms with Crippen LogP contribution in [-0.2, 0) is 9.53 Å². The second-order valence-electron chi connectivity index (χ2n) is 6.19. The van der Waals surface area contributed by atoms with Gasteiger partial charge in [0, 0.05) is 11.6 Å². The number of carbonyl (C=O) groups is 1. The first-order valence-corrected chi connectivity index (χ1v) is 9.04. The van der Waals surface area contributed by atoms with E-state index in [0.29, 0.717) is 24.3 Å². The molecular formula is C20H28N2O4. The van der Waals surface area contributed by atoms with Crippen molar-refractivity contribution in [3.63, 3.8) is 0 Å². The van der Waals surface area contributed by atoms with Crippen molar-refractivity contribution in [2.75, 3.05) is 27.3 Å². The van der Waals surface area contributed by atoms with Crippen LogP contribution in [0.15, 0.2) is 30.5 Å². The molecule has 1 aromatic heterocycles. The highest BCUT2D eigenvalue weighted by Crippen LogP contribution is 2.33. The molecule has 2 rings (SSSR count). The SMILES string of the molecule is CCOC(=O)C(CCCCNC)C(O)c1ccnc2ccc(OC)cc12. The topological polar surface area (TPSA) is 80.7 Å². The summed E-state index contributed by atoms with van der Waals surface area (Å²) in [6.45, 7) is 2.94. The van der Waals surface area contributed by atoms with Crippen LogP contribution in [0, 0.1) is 5.92 Å². The third-order valence-corrected chi connectivity index (χ3v) is 4.46. The van der Waals surface area contributed by atoms with E-state index in [1.165, 1.54) is 0 Å². The number of unbranched alkanes of at least 4 members (excludes halogenated alkanes) is 1. The van der Waals surface area contributed by atoms with E-state index in [0.717, 1.165) is 30.3 Å². The van der Waals surface area contributed by atoms with Crippen LogP contribution in [0.1, 0.15) is 37.9 Å². The normalized spacial score (nSPS) is 13.4. The highest BCUT2D eigenvalue weighted by molar-refractivity contribution is 5.85. The maximum absolute atomic E-state index is 12.4. The lowest BCUT2D eigenvalue weighted by atomic mass is 9.89. The van der Waals surface area contributed by atoms with E-state index in [4.69, 9.17) is 9.47 Å². The zero-order valence-electron chi connectivity index (χ0n) is 15.7. The Hall–Kier alpha value is -2.18. The van der Waals surface area contributed by atoms with Crippen molar-refractivity contribution in [2.24, 2.45) is 5.92 Å². The summed E-state index contributed by atoms with van der Waals surface area (Å²) in [7, 11) is 3.49. The number of aliphatic hydroxyl groups excluding tert-OH is 1. The molecule has 0 saturated heterocycles. The van der Waals surface area contributed by atoms with Gasteiger partial charge in [-0.1, -0.05) is 6.42 Å². The molecule has 0 spiro atoms. The summed E-state index contributed by atoms with van der Waals surface area (Å²) in [6.07, 6.45) is 3.02. The molecule has 6 nitrogen and oxygen atoms in total. The molecule has 0 saturated carbocycles. The number of benzene rings is 1. The lowest BCUT2D eigenvalue weighted by Crippen LogP contribution is -2.25. The van der Waals surface area contributed by atoms with Crippen LogP contribution in [-0.4, -0.2) is 43.4 Å². The van der Waals surface area contributed by atoms with Gasteiger partial charge in [-0.05, 0) is 63.2 Å². The summed E-state index contributed by atoms with van der Waals surface area (Å²) in [5.41, 5.74) is 1.42. The van der Waals surface area contributed by atoms with Gasteiger partial charge in [0.2, 0.25) is 0 Å². The molecule has 0 radical (unpaired) electrons. The molecule has 0 amide bonds. The van der Waals surface area contributed by atoms with Crippen molar-refractivity contribution in [3.05, 3.63) is 36.0 Å². The maximum atomic E-state index is 12.4. The Morgan fingerprint density at radius 2 is 2.12 bits per heavy atom. The highest BCUT2D eigenvalue weighted by atomic mass is 16.5. The standard InChI is InChI=1S/C20H28N2O4/c1-4-26-20(24)16(7-5-6-11-21-2)19(23)15-10-12-22-18-9-8-14(25-3)13-17(15)18/h8-10,12-13,16,19,21,23H,4-7,11H2,1-3H3. The third-order valence-electron chi connectivity index (χ3n) is 4.46. The zero-order valence-corrected chi connectivity index (χ0v) is 15.7. The third kappa shape index (κ3) is 4.93. The molecule has 0 bridgehead atoms. The van der Waals surface area contributed by atoms with E-state index in [-0.39, 0.29) is 5.97 Å². The highest BCUT2D eigenvalue weighted by Gasteiger charge is 2.30. The number of hydrogen-bond acceptors (Lipinski definition) is 6. The van der Waals surface area contributed by atoms with Gasteiger partial charge < -0.3 is 19.9 Å². The molecule has 2 unspecified atom stereocenters. The van der Waals surface area contributed by atoms with Crippen LogP contribution in [0.5, 0.6) is 5.75 Å². The Bertz CT molecular complexity index is 720. The molecule has 142 valence electrons. The molecule has 6 heteroatoms. The van der Waals surface area contributed by atoms with Crippen molar-refractivity contribution in [1.82, 2.24) is 10.3 Å². The first-order valence-electron chi connectivity index (χ1n) is 9.04. The lowest BCUT2D eigenvalue weighted by Gasteiger charge is -2.23. The Kier molecular flexibility index (Phi) is 7.81. The fraction of sp³-hybridized carbons (Fsp3) is 0.500. The Labute approximate surface area is 154 Å². The first-order chi connectivity index (χ1) is 12.6. The van der Waals surface area contributed by atoms with Crippen LogP contribution < -0.4 is 10.1 Å². The average Bonchev–Trinajstić information content (AvgIpc) is 2.66. The monoisotopic (exact) mass is 360 g/mol. The fourth-order valence-electron chi connectivity index (χ4n) is 3.07. The summed E-state index contributed by atoms with van der Waals surface area (Å²) in [5, 5.41) is 14.9. The number of rotatable bonds is 10. The molecule has 2 atom stereocenters. The molecule has 1 aromatic carbocycles. The Morgan fingerprint density at radius 3 is 2.81 bits per heavy atom. The number of ether oxygens (including phenoxy) is 2. The van der Waals surface area contributed by atoms with E-state index in [2.05, 4.69) is 10.3 Å². The minimum atomic E-state index is -0.957. The van der Waals surface area contributed by atoms with E-state index in [9.17, 15) is 9.90 Å². The summed E-state index contributed by atoms with van der Waals surface area (Å²) in [5.74, 6) is -0.290. The minimum Gasteiger partial charge on any atom is -0.497 e. The molecule has 2 N–H and O–H groups in total. The van der Waals surface area contributed by atoms with Crippen molar-refractivity contribution >= 4 is 16.9 Å². The summed E-state index contributed by atoms with van der Waals surface area (Å²) in [4.78, 5) is 16.8. The van der Waals surface area contributed by atoms with Gasteiger partial charge in [-0.2, -0.15) is 0 Å². The van der Waals surface area contributed by atoms with E-state index in [1.54, 1.807) is 26.3 Å². The molecule has 0 aliphatic rings. The molecule has 0 aliphatic carbocycles. The predicted molar refractivity (Wildman–Crippen MR) is 101 cm³/mol. The molecule has 26 heavy (non-hydrogen) atoms. The van der Waals surface area contributed by atoms with E-state index < -0.39 is 12.0 Å². The van der Waals surface area contributed by atoms with Crippen molar-refractivity contribution < 1.29 is 19.4 Å². The van der Waals surface area contributed by atoms with Gasteiger partial charge in [0.25, 0.3) is 0 Å². The van der Waals surface area contributed by atoms with Crippen molar-refractivity contribution in [2.45, 2.75) is 32.3 Å². The summed E-state index contributed by atoms with van der Waals surface area (Å²) in [6, 6.07) is 7.26. The average molecular weight is 360 g/mol. The number of nitrogens with zero attached hydrogens (tertiary/aromatic N) is 1. The van der Waals surface area contributed by atoms with Gasteiger partial charge in [-0.15, -0.1) is 0 Å². The molecule has 2 aromatic rings. The van der Waals surface area contributed by atoms with Crippen LogP contribution in [0.4, 0.5) is 0 Å². The summed E-state index contributed by atoms with van der Waals surface area (Å²) >= 11 is 0. The fourth-order valence-corrected chi connectivity index (χ4v) is 3.07. The number of hydrogen-bond donors (Lipinski definition) is 2. The molecule has 0 aliphatic heterocycles. The van der Waals surface area contributed by atoms with Crippen molar-refractivity contribution in [1.29, 1.82) is 0 Å². The number of nitrogens with one attached hydrogen (secondary N) is 1. The van der Waals surface area contributed by atoms with Crippen LogP contribution in [0.25, 0.3) is 10.9 Å². The number of aromatic nitrogens is 1. The smallest absolute Gasteiger partial charge is 0.311 e. The predicted octanol–water partition coefficient (Wildman–Crippen LogP) is 2.85. The van der Waals surface area contributed by atoms with Gasteiger partial charge in [0.15, 0.2) is 0 Å². The number of aliphatic hydroxyl groups is 1. The van der Waals surface area contributed by atoms with Gasteiger partial charge in [0.1, 0.15) is 5.75 Å². The van der Waals surface area contributed by atoms with Crippen LogP contribution >= 0.6 is 0 Å². The van der Waals surface area contributed by atoms with Gasteiger partial charge in [-0.3, -0.25) is 9.78 Å². The molecule has 0 fully saturated rings. The van der Waals surface area contributed by atoms with Gasteiger partial charge in [0.05, 0.1) is 31.3 Å². The van der Waals surface area contributed by atoms with Crippen LogP contribution in [0.3, 0.4) is 0 Å². The number of carbonyl (C=O) groups excluding carboxylic acids is 1. The van der Waals surface area contributed by atoms with E-state index >= 15 is 0 Å². The first kappa shape index (κ1) is 20.1. The van der Waals surface area contributed by atoms with Crippen molar-refractivity contribution in [3.8, 4) is 5.75 Å². The van der Waals surface area contributed by atoms with E-state index in [1.807, 2.05) is 25.2 Å². The molecular weight excluding hydrogens is 332 g/mol. The quantitative estimate of drug-likeness (QED) is 0.501. The van der Waals surface area contributed by atoms with Crippen LogP contribution in [0.2, 0.25) is 0 Å². The Morgan fingerprint density at radius 1 is 1.31 bits per heavy atom. The summed E-state index contributed by atoms with van der Waals surface area (Å²) < 4.78 is 10.5. The van der Waals surface area contributed by atoms with Gasteiger partial charge in [-0.25, -0.2) is 0 Å². The lowest BCUT2D eigenvalue weighted by molar-refractivity contribution is -0.152. The number of methoxy groups -OCH3 is 1. The molecule has 1 heterocycles. The Balaban J connectivity index is 2.32. The number of pyridine rings is 1. The second kappa shape index (κ2) is 10.1. The maximum Gasteiger partial charge on any atom is 0.311 e.